The van der Waals surface area contributed by atoms with Gasteiger partial charge in [-0.05, 0) is 23.0 Å². The molecule has 0 radical (unpaired) electrons. The molecule has 114 valence electrons. The van der Waals surface area contributed by atoms with E-state index in [2.05, 4.69) is 38.1 Å². The summed E-state index contributed by atoms with van der Waals surface area (Å²) in [6.45, 7) is 8.89. The Morgan fingerprint density at radius 3 is 2.05 bits per heavy atom. The number of hydrogen-bond donors (Lipinski definition) is 1. The summed E-state index contributed by atoms with van der Waals surface area (Å²) in [5.74, 6) is 0.698. The largest absolute Gasteiger partial charge is 0.340 e. The summed E-state index contributed by atoms with van der Waals surface area (Å²) in [5, 5.41) is 0. The van der Waals surface area contributed by atoms with Crippen LogP contribution < -0.4 is 5.73 Å². The number of nitrogens with zero attached hydrogens (tertiary/aromatic N) is 1. The lowest BCUT2D eigenvalue weighted by atomic mass is 10.0. The quantitative estimate of drug-likeness (QED) is 0.907. The normalized spacial score (nSPS) is 12.2. The van der Waals surface area contributed by atoms with Gasteiger partial charge in [-0.25, -0.2) is 0 Å². The first-order valence-electron chi connectivity index (χ1n) is 6.92. The van der Waals surface area contributed by atoms with Crippen molar-refractivity contribution in [2.24, 2.45) is 11.7 Å². The van der Waals surface area contributed by atoms with Gasteiger partial charge in [-0.2, -0.15) is 0 Å². The number of rotatable bonds is 5. The fourth-order valence-corrected chi connectivity index (χ4v) is 1.90. The molecule has 0 aliphatic heterocycles. The van der Waals surface area contributed by atoms with Crippen LogP contribution in [0.5, 0.6) is 0 Å². The predicted octanol–water partition coefficient (Wildman–Crippen LogP) is 3.17. The topological polar surface area (TPSA) is 46.3 Å². The molecule has 1 aromatic rings. The Labute approximate surface area is 128 Å². The first-order valence-corrected chi connectivity index (χ1v) is 6.92. The van der Waals surface area contributed by atoms with E-state index >= 15 is 0 Å². The fourth-order valence-electron chi connectivity index (χ4n) is 1.90. The molecule has 0 saturated carbocycles. The summed E-state index contributed by atoms with van der Waals surface area (Å²) in [5.41, 5.74) is 8.34. The van der Waals surface area contributed by atoms with Gasteiger partial charge in [0.15, 0.2) is 0 Å². The fraction of sp³-hybridized carbons (Fsp3) is 0.562. The molecule has 0 aliphatic rings. The molecule has 0 fully saturated rings. The Morgan fingerprint density at radius 1 is 1.15 bits per heavy atom. The van der Waals surface area contributed by atoms with Gasteiger partial charge >= 0.3 is 0 Å². The molecule has 0 saturated heterocycles. The first-order chi connectivity index (χ1) is 8.82. The van der Waals surface area contributed by atoms with Crippen LogP contribution in [0.15, 0.2) is 24.3 Å². The zero-order chi connectivity index (χ0) is 14.6. The lowest BCUT2D eigenvalue weighted by molar-refractivity contribution is -0.132. The highest BCUT2D eigenvalue weighted by molar-refractivity contribution is 5.85. The van der Waals surface area contributed by atoms with E-state index in [1.54, 1.807) is 11.9 Å². The van der Waals surface area contributed by atoms with E-state index in [4.69, 9.17) is 5.73 Å². The smallest absolute Gasteiger partial charge is 0.239 e. The summed E-state index contributed by atoms with van der Waals surface area (Å²) in [6.07, 6.45) is 0. The Balaban J connectivity index is 0.00000361. The molecule has 0 bridgehead atoms. The molecule has 0 aromatic heterocycles. The van der Waals surface area contributed by atoms with Crippen LogP contribution in [0.1, 0.15) is 44.7 Å². The third-order valence-corrected chi connectivity index (χ3v) is 3.45. The number of nitrogens with two attached hydrogens (primary N) is 1. The highest BCUT2D eigenvalue weighted by atomic mass is 35.5. The number of likely N-dealkylation sites (N-methyl/N-ethyl adjacent to an activating group) is 1. The summed E-state index contributed by atoms with van der Waals surface area (Å²) in [4.78, 5) is 13.8. The van der Waals surface area contributed by atoms with E-state index in [-0.39, 0.29) is 24.2 Å². The minimum absolute atomic E-state index is 0. The minimum Gasteiger partial charge on any atom is -0.340 e. The van der Waals surface area contributed by atoms with Crippen LogP contribution in [-0.2, 0) is 11.3 Å². The molecule has 0 unspecified atom stereocenters. The highest BCUT2D eigenvalue weighted by Crippen LogP contribution is 2.15. The van der Waals surface area contributed by atoms with E-state index in [0.29, 0.717) is 12.5 Å². The molecule has 1 atom stereocenters. The third-order valence-electron chi connectivity index (χ3n) is 3.45. The van der Waals surface area contributed by atoms with E-state index in [9.17, 15) is 4.79 Å². The maximum Gasteiger partial charge on any atom is 0.239 e. The van der Waals surface area contributed by atoms with Gasteiger partial charge < -0.3 is 10.6 Å². The maximum absolute atomic E-state index is 12.1. The van der Waals surface area contributed by atoms with Crippen LogP contribution in [0.25, 0.3) is 0 Å². The Bertz CT molecular complexity index is 415. The second-order valence-electron chi connectivity index (χ2n) is 5.86. The average molecular weight is 299 g/mol. The SMILES string of the molecule is CC(C)c1ccc(CN(C)C(=O)[C@@H](N)C(C)C)cc1.Cl. The minimum atomic E-state index is -0.417. The van der Waals surface area contributed by atoms with Crippen LogP contribution in [-0.4, -0.2) is 23.9 Å². The molecule has 2 N–H and O–H groups in total. The van der Waals surface area contributed by atoms with Crippen LogP contribution in [0.3, 0.4) is 0 Å². The lowest BCUT2D eigenvalue weighted by Crippen LogP contribution is -2.44. The number of hydrogen-bond acceptors (Lipinski definition) is 2. The second kappa shape index (κ2) is 8.28. The summed E-state index contributed by atoms with van der Waals surface area (Å²) < 4.78 is 0. The van der Waals surface area contributed by atoms with Crippen LogP contribution in [0, 0.1) is 5.92 Å². The third kappa shape index (κ3) is 5.14. The van der Waals surface area contributed by atoms with E-state index < -0.39 is 6.04 Å². The van der Waals surface area contributed by atoms with Gasteiger partial charge in [-0.3, -0.25) is 4.79 Å². The Kier molecular flexibility index (Phi) is 7.84. The van der Waals surface area contributed by atoms with Gasteiger partial charge in [0.05, 0.1) is 6.04 Å². The van der Waals surface area contributed by atoms with Crippen molar-refractivity contribution >= 4 is 18.3 Å². The molecule has 3 nitrogen and oxygen atoms in total. The summed E-state index contributed by atoms with van der Waals surface area (Å²) in [7, 11) is 1.81. The van der Waals surface area contributed by atoms with Crippen LogP contribution in [0.4, 0.5) is 0 Å². The van der Waals surface area contributed by atoms with Gasteiger partial charge in [0.2, 0.25) is 5.91 Å². The van der Waals surface area contributed by atoms with Crippen molar-refractivity contribution in [1.82, 2.24) is 4.90 Å². The monoisotopic (exact) mass is 298 g/mol. The zero-order valence-corrected chi connectivity index (χ0v) is 13.9. The van der Waals surface area contributed by atoms with Crippen LogP contribution >= 0.6 is 12.4 Å². The molecule has 1 amide bonds. The van der Waals surface area contributed by atoms with E-state index in [1.807, 2.05) is 13.8 Å². The van der Waals surface area contributed by atoms with Crippen molar-refractivity contribution in [2.45, 2.75) is 46.2 Å². The zero-order valence-electron chi connectivity index (χ0n) is 13.1. The number of amides is 1. The molecule has 0 aliphatic carbocycles. The van der Waals surface area contributed by atoms with Crippen molar-refractivity contribution in [3.8, 4) is 0 Å². The van der Waals surface area contributed by atoms with Gasteiger partial charge in [0.25, 0.3) is 0 Å². The van der Waals surface area contributed by atoms with Crippen molar-refractivity contribution < 1.29 is 4.79 Å². The molecule has 0 spiro atoms. The molecule has 1 aromatic carbocycles. The highest BCUT2D eigenvalue weighted by Gasteiger charge is 2.20. The summed E-state index contributed by atoms with van der Waals surface area (Å²) >= 11 is 0. The summed E-state index contributed by atoms with van der Waals surface area (Å²) in [6, 6.07) is 8.00. The molecular formula is C16H27ClN2O. The Morgan fingerprint density at radius 2 is 1.65 bits per heavy atom. The molecule has 0 heterocycles. The molecule has 20 heavy (non-hydrogen) atoms. The van der Waals surface area contributed by atoms with Crippen molar-refractivity contribution in [3.63, 3.8) is 0 Å². The van der Waals surface area contributed by atoms with Crippen molar-refractivity contribution in [1.29, 1.82) is 0 Å². The van der Waals surface area contributed by atoms with E-state index in [1.165, 1.54) is 5.56 Å². The second-order valence-corrected chi connectivity index (χ2v) is 5.86. The molecule has 1 rings (SSSR count). The van der Waals surface area contributed by atoms with Gasteiger partial charge in [-0.15, -0.1) is 12.4 Å². The maximum atomic E-state index is 12.1. The van der Waals surface area contributed by atoms with Gasteiger partial charge in [-0.1, -0.05) is 52.0 Å². The number of carbonyl (C=O) groups is 1. The number of carbonyl (C=O) groups excluding carboxylic acids is 1. The van der Waals surface area contributed by atoms with Crippen molar-refractivity contribution in [3.05, 3.63) is 35.4 Å². The number of halogens is 1. The predicted molar refractivity (Wildman–Crippen MR) is 87.1 cm³/mol. The average Bonchev–Trinajstić information content (AvgIpc) is 2.37. The van der Waals surface area contributed by atoms with Gasteiger partial charge in [0, 0.05) is 13.6 Å². The molecular weight excluding hydrogens is 272 g/mol. The van der Waals surface area contributed by atoms with E-state index in [0.717, 1.165) is 5.56 Å². The standard InChI is InChI=1S/C16H26N2O.ClH/c1-11(2)14-8-6-13(7-9-14)10-18(5)16(19)15(17)12(3)4;/h6-9,11-12,15H,10,17H2,1-5H3;1H/t15-;/m0./s1. The van der Waals surface area contributed by atoms with Gasteiger partial charge in [0.1, 0.15) is 0 Å². The van der Waals surface area contributed by atoms with Crippen molar-refractivity contribution in [2.75, 3.05) is 7.05 Å². The lowest BCUT2D eigenvalue weighted by Gasteiger charge is -2.23. The first kappa shape index (κ1) is 18.9. The van der Waals surface area contributed by atoms with Crippen LogP contribution in [0.2, 0.25) is 0 Å². The Hall–Kier alpha value is -1.06. The molecule has 4 heteroatoms. The number of benzene rings is 1.